The molecule has 8 aromatic rings. The molecule has 2 heterocycles. The molecule has 6 aliphatic rings. The lowest BCUT2D eigenvalue weighted by molar-refractivity contribution is -0.00938. The predicted octanol–water partition coefficient (Wildman–Crippen LogP) is 13.5. The van der Waals surface area contributed by atoms with Crippen LogP contribution >= 0.6 is 0 Å². The molecule has 5 aliphatic carbocycles. The fourth-order valence-electron chi connectivity index (χ4n) is 12.6. The van der Waals surface area contributed by atoms with Gasteiger partial charge in [0.25, 0.3) is 0 Å². The smallest absolute Gasteiger partial charge is 0.163 e. The summed E-state index contributed by atoms with van der Waals surface area (Å²) in [5.74, 6) is 6.72. The largest absolute Gasteiger partial charge is 0.457 e. The second-order valence-corrected chi connectivity index (χ2v) is 18.2. The van der Waals surface area contributed by atoms with E-state index in [1.54, 1.807) is 0 Å². The molecule has 7 aromatic carbocycles. The van der Waals surface area contributed by atoms with Gasteiger partial charge >= 0.3 is 0 Å². The second-order valence-electron chi connectivity index (χ2n) is 18.2. The molecule has 0 unspecified atom stereocenters. The van der Waals surface area contributed by atoms with Gasteiger partial charge < -0.3 is 4.74 Å². The molecule has 0 atom stereocenters. The lowest BCUT2D eigenvalue weighted by Gasteiger charge is -2.56. The van der Waals surface area contributed by atoms with Crippen LogP contribution in [0, 0.1) is 17.8 Å². The van der Waals surface area contributed by atoms with Gasteiger partial charge in [-0.05, 0) is 125 Å². The van der Waals surface area contributed by atoms with Crippen molar-refractivity contribution in [2.24, 2.45) is 17.8 Å². The fraction of sp³-hybridized carbons (Fsp3) is 0.196. The van der Waals surface area contributed by atoms with E-state index in [1.807, 2.05) is 0 Å². The van der Waals surface area contributed by atoms with Crippen molar-refractivity contribution in [1.82, 2.24) is 15.0 Å². The molecule has 0 amide bonds. The van der Waals surface area contributed by atoms with E-state index >= 15 is 0 Å². The van der Waals surface area contributed by atoms with Crippen molar-refractivity contribution in [3.63, 3.8) is 0 Å². The summed E-state index contributed by atoms with van der Waals surface area (Å²) in [6.07, 6.45) is 7.75. The Hall–Kier alpha value is -6.65. The van der Waals surface area contributed by atoms with Crippen molar-refractivity contribution in [3.8, 4) is 67.7 Å². The molecule has 4 bridgehead atoms. The Morgan fingerprint density at radius 1 is 0.383 bits per heavy atom. The van der Waals surface area contributed by atoms with E-state index in [2.05, 4.69) is 170 Å². The maximum atomic E-state index is 6.72. The van der Waals surface area contributed by atoms with Gasteiger partial charge in [-0.1, -0.05) is 146 Å². The first-order valence-corrected chi connectivity index (χ1v) is 21.8. The molecular weight excluding hydrogens is 731 g/mol. The molecule has 60 heavy (non-hydrogen) atoms. The quantitative estimate of drug-likeness (QED) is 0.175. The van der Waals surface area contributed by atoms with Crippen molar-refractivity contribution in [2.75, 3.05) is 0 Å². The van der Waals surface area contributed by atoms with Crippen LogP contribution in [-0.2, 0) is 10.8 Å². The van der Waals surface area contributed by atoms with Crippen LogP contribution in [0.2, 0.25) is 0 Å². The van der Waals surface area contributed by atoms with Crippen molar-refractivity contribution in [2.45, 2.75) is 49.4 Å². The lowest BCUT2D eigenvalue weighted by atomic mass is 9.49. The number of hydrogen-bond donors (Lipinski definition) is 0. The van der Waals surface area contributed by atoms with Crippen molar-refractivity contribution >= 4 is 0 Å². The van der Waals surface area contributed by atoms with Gasteiger partial charge in [-0.15, -0.1) is 0 Å². The molecule has 4 saturated carbocycles. The second kappa shape index (κ2) is 12.9. The Morgan fingerprint density at radius 2 is 0.883 bits per heavy atom. The van der Waals surface area contributed by atoms with E-state index in [0.717, 1.165) is 69.0 Å². The van der Waals surface area contributed by atoms with Crippen LogP contribution in [0.25, 0.3) is 56.2 Å². The topological polar surface area (TPSA) is 47.9 Å². The van der Waals surface area contributed by atoms with Gasteiger partial charge in [0.05, 0.1) is 5.41 Å². The highest BCUT2D eigenvalue weighted by atomic mass is 16.5. The van der Waals surface area contributed by atoms with Crippen LogP contribution in [-0.4, -0.2) is 15.0 Å². The molecule has 0 radical (unpaired) electrons. The average Bonchev–Trinajstić information content (AvgIpc) is 3.59. The third kappa shape index (κ3) is 5.06. The Kier molecular flexibility index (Phi) is 7.37. The fourth-order valence-corrected chi connectivity index (χ4v) is 12.6. The highest BCUT2D eigenvalue weighted by Crippen LogP contribution is 2.63. The number of ether oxygens (including phenoxy) is 1. The van der Waals surface area contributed by atoms with E-state index in [9.17, 15) is 0 Å². The average molecular weight is 774 g/mol. The Morgan fingerprint density at radius 3 is 1.58 bits per heavy atom. The van der Waals surface area contributed by atoms with E-state index in [-0.39, 0.29) is 5.41 Å². The van der Waals surface area contributed by atoms with Crippen molar-refractivity contribution in [3.05, 3.63) is 198 Å². The predicted molar refractivity (Wildman–Crippen MR) is 239 cm³/mol. The molecule has 288 valence electrons. The summed E-state index contributed by atoms with van der Waals surface area (Å²) >= 11 is 0. The van der Waals surface area contributed by atoms with E-state index in [1.165, 1.54) is 83.0 Å². The van der Waals surface area contributed by atoms with E-state index in [0.29, 0.717) is 0 Å². The zero-order valence-electron chi connectivity index (χ0n) is 33.4. The maximum absolute atomic E-state index is 6.72. The molecule has 4 heteroatoms. The molecule has 1 spiro atoms. The molecule has 4 nitrogen and oxygen atoms in total. The SMILES string of the molecule is c1ccc(-c2cccc(-c3nc(-c4ccc(-c5ccc6c(c5)C5(c7ccccc7O6)c6ccccc6-c6ccccc65)cc4)nc(C45CC6CC(CC(C6)C4)C5)n3)c2)cc1. The van der Waals surface area contributed by atoms with Crippen LogP contribution in [0.5, 0.6) is 11.5 Å². The molecule has 1 aliphatic heterocycles. The third-order valence-corrected chi connectivity index (χ3v) is 14.7. The highest BCUT2D eigenvalue weighted by molar-refractivity contribution is 5.89. The van der Waals surface area contributed by atoms with Gasteiger partial charge in [0.15, 0.2) is 11.6 Å². The standard InChI is InChI=1S/C56H43N3O/c1-2-11-38(12-3-1)41-13-10-14-43(30-41)53-57-52(58-54(59-53)55-32-35-27-36(33-55)29-37(28-35)34-55)40-23-21-39(22-24-40)42-25-26-51-49(31-42)56(48-19-8-9-20-50(48)60-51)46-17-6-4-15-44(46)45-16-5-7-18-47(45)56/h1-26,30-31,35-37H,27-29,32-34H2. The van der Waals surface area contributed by atoms with Crippen molar-refractivity contribution in [1.29, 1.82) is 0 Å². The lowest BCUT2D eigenvalue weighted by Crippen LogP contribution is -2.49. The Labute approximate surface area is 351 Å². The van der Waals surface area contributed by atoms with Crippen molar-refractivity contribution < 1.29 is 4.74 Å². The first-order valence-electron chi connectivity index (χ1n) is 21.8. The normalized spacial score (nSPS) is 22.1. The number of hydrogen-bond acceptors (Lipinski definition) is 4. The molecule has 14 rings (SSSR count). The Bertz CT molecular complexity index is 2920. The van der Waals surface area contributed by atoms with Crippen LogP contribution in [0.15, 0.2) is 170 Å². The number of aromatic nitrogens is 3. The summed E-state index contributed by atoms with van der Waals surface area (Å²) in [7, 11) is 0. The van der Waals surface area contributed by atoms with Crippen LogP contribution in [0.3, 0.4) is 0 Å². The van der Waals surface area contributed by atoms with Gasteiger partial charge in [-0.25, -0.2) is 15.0 Å². The molecule has 4 fully saturated rings. The Balaban J connectivity index is 0.927. The summed E-state index contributed by atoms with van der Waals surface area (Å²) in [6.45, 7) is 0. The summed E-state index contributed by atoms with van der Waals surface area (Å²) in [5, 5.41) is 0. The summed E-state index contributed by atoms with van der Waals surface area (Å²) in [4.78, 5) is 16.1. The monoisotopic (exact) mass is 773 g/mol. The van der Waals surface area contributed by atoms with Crippen LogP contribution in [0.1, 0.15) is 66.6 Å². The van der Waals surface area contributed by atoms with Gasteiger partial charge in [0.2, 0.25) is 0 Å². The van der Waals surface area contributed by atoms with Gasteiger partial charge in [-0.2, -0.15) is 0 Å². The zero-order valence-corrected chi connectivity index (χ0v) is 33.4. The third-order valence-electron chi connectivity index (χ3n) is 14.7. The minimum atomic E-state index is -0.500. The molecular formula is C56H43N3O. The van der Waals surface area contributed by atoms with Gasteiger partial charge in [0, 0.05) is 27.7 Å². The summed E-state index contributed by atoms with van der Waals surface area (Å²) < 4.78 is 6.72. The summed E-state index contributed by atoms with van der Waals surface area (Å²) in [6, 6.07) is 61.3. The number of para-hydroxylation sites is 1. The highest BCUT2D eigenvalue weighted by Gasteiger charge is 2.54. The number of nitrogens with zero attached hydrogens (tertiary/aromatic N) is 3. The van der Waals surface area contributed by atoms with Crippen LogP contribution < -0.4 is 4.74 Å². The van der Waals surface area contributed by atoms with Gasteiger partial charge in [-0.3, -0.25) is 0 Å². The zero-order chi connectivity index (χ0) is 39.4. The maximum Gasteiger partial charge on any atom is 0.163 e. The number of rotatable bonds is 5. The molecule has 0 saturated heterocycles. The van der Waals surface area contributed by atoms with E-state index in [4.69, 9.17) is 19.7 Å². The first kappa shape index (κ1) is 34.2. The first-order chi connectivity index (χ1) is 29.6. The van der Waals surface area contributed by atoms with Crippen LogP contribution in [0.4, 0.5) is 0 Å². The van der Waals surface area contributed by atoms with E-state index < -0.39 is 5.41 Å². The minimum absolute atomic E-state index is 0.0371. The number of benzene rings is 7. The molecule has 1 aromatic heterocycles. The minimum Gasteiger partial charge on any atom is -0.457 e. The summed E-state index contributed by atoms with van der Waals surface area (Å²) in [5.41, 5.74) is 13.7. The van der Waals surface area contributed by atoms with Gasteiger partial charge in [0.1, 0.15) is 17.3 Å². The molecule has 0 N–H and O–H groups in total. The number of fused-ring (bicyclic) bond motifs is 9.